The maximum Gasteiger partial charge on any atom is 0.161 e. The second-order valence-electron chi connectivity index (χ2n) is 4.15. The molecule has 3 nitrogen and oxygen atoms in total. The third kappa shape index (κ3) is 2.52. The lowest BCUT2D eigenvalue weighted by Gasteiger charge is -2.10. The fraction of sp³-hybridized carbons (Fsp3) is 0.286. The second kappa shape index (κ2) is 5.46. The van der Waals surface area contributed by atoms with Crippen LogP contribution >= 0.6 is 11.6 Å². The van der Waals surface area contributed by atoms with Crippen molar-refractivity contribution in [3.05, 3.63) is 46.2 Å². The average Bonchev–Trinajstić information content (AvgIpc) is 2.34. The van der Waals surface area contributed by atoms with E-state index in [1.54, 1.807) is 0 Å². The molecule has 0 radical (unpaired) electrons. The van der Waals surface area contributed by atoms with E-state index >= 15 is 0 Å². The monoisotopic (exact) mass is 262 g/mol. The van der Waals surface area contributed by atoms with Crippen LogP contribution in [-0.2, 0) is 6.42 Å². The molecule has 0 amide bonds. The molecule has 0 fully saturated rings. The number of aliphatic hydroxyl groups excluding tert-OH is 1. The van der Waals surface area contributed by atoms with Crippen LogP contribution in [0.15, 0.2) is 24.3 Å². The van der Waals surface area contributed by atoms with Crippen LogP contribution in [0, 0.1) is 13.8 Å². The molecule has 2 aromatic rings. The van der Waals surface area contributed by atoms with Crippen molar-refractivity contribution in [1.29, 1.82) is 0 Å². The summed E-state index contributed by atoms with van der Waals surface area (Å²) in [5.74, 6) is 0.636. The SMILES string of the molecule is Cc1nc(-c2ccccc2Cl)nc(C)c1CCO. The molecule has 0 saturated heterocycles. The summed E-state index contributed by atoms with van der Waals surface area (Å²) in [6, 6.07) is 7.53. The molecular formula is C14H15ClN2O. The van der Waals surface area contributed by atoms with Gasteiger partial charge in [0, 0.05) is 23.6 Å². The van der Waals surface area contributed by atoms with Gasteiger partial charge in [-0.2, -0.15) is 0 Å². The average molecular weight is 263 g/mol. The molecule has 0 aliphatic carbocycles. The van der Waals surface area contributed by atoms with E-state index < -0.39 is 0 Å². The third-order valence-corrected chi connectivity index (χ3v) is 3.23. The van der Waals surface area contributed by atoms with Crippen LogP contribution in [0.1, 0.15) is 17.0 Å². The van der Waals surface area contributed by atoms with Crippen LogP contribution < -0.4 is 0 Å². The minimum atomic E-state index is 0.108. The number of benzene rings is 1. The summed E-state index contributed by atoms with van der Waals surface area (Å²) < 4.78 is 0. The zero-order chi connectivity index (χ0) is 13.1. The van der Waals surface area contributed by atoms with E-state index in [1.807, 2.05) is 38.1 Å². The number of aryl methyl sites for hydroxylation is 2. The van der Waals surface area contributed by atoms with Gasteiger partial charge in [0.25, 0.3) is 0 Å². The molecule has 0 aliphatic heterocycles. The molecule has 0 aliphatic rings. The Kier molecular flexibility index (Phi) is 3.94. The van der Waals surface area contributed by atoms with Gasteiger partial charge in [0.2, 0.25) is 0 Å². The molecule has 2 rings (SSSR count). The second-order valence-corrected chi connectivity index (χ2v) is 4.56. The Balaban J connectivity index is 2.52. The summed E-state index contributed by atoms with van der Waals surface area (Å²) in [5, 5.41) is 9.67. The summed E-state index contributed by atoms with van der Waals surface area (Å²) in [7, 11) is 0. The molecule has 0 unspecified atom stereocenters. The van der Waals surface area contributed by atoms with Gasteiger partial charge in [-0.1, -0.05) is 23.7 Å². The first-order valence-electron chi connectivity index (χ1n) is 5.83. The van der Waals surface area contributed by atoms with E-state index in [-0.39, 0.29) is 6.61 Å². The highest BCUT2D eigenvalue weighted by molar-refractivity contribution is 6.33. The van der Waals surface area contributed by atoms with Crippen molar-refractivity contribution >= 4 is 11.6 Å². The highest BCUT2D eigenvalue weighted by atomic mass is 35.5. The van der Waals surface area contributed by atoms with Gasteiger partial charge in [-0.25, -0.2) is 9.97 Å². The van der Waals surface area contributed by atoms with Crippen LogP contribution in [0.2, 0.25) is 5.02 Å². The van der Waals surface area contributed by atoms with Crippen LogP contribution in [0.25, 0.3) is 11.4 Å². The summed E-state index contributed by atoms with van der Waals surface area (Å²) in [5.41, 5.74) is 3.63. The maximum atomic E-state index is 9.02. The first kappa shape index (κ1) is 13.0. The van der Waals surface area contributed by atoms with Gasteiger partial charge < -0.3 is 5.11 Å². The minimum Gasteiger partial charge on any atom is -0.396 e. The molecular weight excluding hydrogens is 248 g/mol. The molecule has 0 atom stereocenters. The lowest BCUT2D eigenvalue weighted by atomic mass is 10.1. The largest absolute Gasteiger partial charge is 0.396 e. The highest BCUT2D eigenvalue weighted by Gasteiger charge is 2.11. The minimum absolute atomic E-state index is 0.108. The molecule has 1 N–H and O–H groups in total. The Hall–Kier alpha value is -1.45. The van der Waals surface area contributed by atoms with Gasteiger partial charge in [-0.3, -0.25) is 0 Å². The van der Waals surface area contributed by atoms with Crippen LogP contribution in [0.3, 0.4) is 0 Å². The van der Waals surface area contributed by atoms with Crippen molar-refractivity contribution in [1.82, 2.24) is 9.97 Å². The number of halogens is 1. The van der Waals surface area contributed by atoms with Gasteiger partial charge in [0.1, 0.15) is 0 Å². The number of hydrogen-bond donors (Lipinski definition) is 1. The Morgan fingerprint density at radius 3 is 2.28 bits per heavy atom. The quantitative estimate of drug-likeness (QED) is 0.925. The molecule has 1 heterocycles. The summed E-state index contributed by atoms with van der Waals surface area (Å²) >= 11 is 6.14. The van der Waals surface area contributed by atoms with Gasteiger partial charge >= 0.3 is 0 Å². The lowest BCUT2D eigenvalue weighted by Crippen LogP contribution is -2.04. The van der Waals surface area contributed by atoms with Gasteiger partial charge in [0.05, 0.1) is 5.02 Å². The maximum absolute atomic E-state index is 9.02. The fourth-order valence-electron chi connectivity index (χ4n) is 1.98. The van der Waals surface area contributed by atoms with Crippen LogP contribution in [0.4, 0.5) is 0 Å². The van der Waals surface area contributed by atoms with E-state index in [0.29, 0.717) is 17.3 Å². The molecule has 94 valence electrons. The van der Waals surface area contributed by atoms with Gasteiger partial charge in [0.15, 0.2) is 5.82 Å². The third-order valence-electron chi connectivity index (χ3n) is 2.90. The zero-order valence-electron chi connectivity index (χ0n) is 10.4. The van der Waals surface area contributed by atoms with E-state index in [0.717, 1.165) is 22.5 Å². The molecule has 1 aromatic carbocycles. The smallest absolute Gasteiger partial charge is 0.161 e. The van der Waals surface area contributed by atoms with Crippen molar-refractivity contribution in [2.24, 2.45) is 0 Å². The van der Waals surface area contributed by atoms with Crippen LogP contribution in [0.5, 0.6) is 0 Å². The molecule has 0 bridgehead atoms. The topological polar surface area (TPSA) is 46.0 Å². The van der Waals surface area contributed by atoms with Crippen LogP contribution in [-0.4, -0.2) is 21.7 Å². The van der Waals surface area contributed by atoms with Gasteiger partial charge in [-0.05, 0) is 38.0 Å². The van der Waals surface area contributed by atoms with Crippen molar-refractivity contribution in [3.8, 4) is 11.4 Å². The van der Waals surface area contributed by atoms with Gasteiger partial charge in [-0.15, -0.1) is 0 Å². The summed E-state index contributed by atoms with van der Waals surface area (Å²) in [6.45, 7) is 3.97. The fourth-order valence-corrected chi connectivity index (χ4v) is 2.20. The Bertz CT molecular complexity index is 546. The van der Waals surface area contributed by atoms with E-state index in [4.69, 9.17) is 16.7 Å². The predicted octanol–water partition coefficient (Wildman–Crippen LogP) is 2.95. The highest BCUT2D eigenvalue weighted by Crippen LogP contribution is 2.26. The molecule has 18 heavy (non-hydrogen) atoms. The van der Waals surface area contributed by atoms with E-state index in [9.17, 15) is 0 Å². The standard InChI is InChI=1S/C14H15ClN2O/c1-9-11(7-8-18)10(2)17-14(16-9)12-5-3-4-6-13(12)15/h3-6,18H,7-8H2,1-2H3. The Labute approximate surface area is 111 Å². The number of aromatic nitrogens is 2. The number of aliphatic hydroxyl groups is 1. The number of nitrogens with zero attached hydrogens (tertiary/aromatic N) is 2. The summed E-state index contributed by atoms with van der Waals surface area (Å²) in [6.07, 6.45) is 0.584. The van der Waals surface area contributed by atoms with Crippen molar-refractivity contribution in [2.45, 2.75) is 20.3 Å². The first-order chi connectivity index (χ1) is 8.63. The number of rotatable bonds is 3. The van der Waals surface area contributed by atoms with Crippen molar-refractivity contribution in [3.63, 3.8) is 0 Å². The Morgan fingerprint density at radius 1 is 1.11 bits per heavy atom. The summed E-state index contributed by atoms with van der Waals surface area (Å²) in [4.78, 5) is 8.95. The normalized spacial score (nSPS) is 10.7. The molecule has 4 heteroatoms. The lowest BCUT2D eigenvalue weighted by molar-refractivity contribution is 0.299. The predicted molar refractivity (Wildman–Crippen MR) is 72.7 cm³/mol. The van der Waals surface area contributed by atoms with E-state index in [2.05, 4.69) is 9.97 Å². The van der Waals surface area contributed by atoms with Crippen molar-refractivity contribution < 1.29 is 5.11 Å². The molecule has 0 saturated carbocycles. The molecule has 1 aromatic heterocycles. The van der Waals surface area contributed by atoms with Crippen molar-refractivity contribution in [2.75, 3.05) is 6.61 Å². The zero-order valence-corrected chi connectivity index (χ0v) is 11.2. The number of hydrogen-bond acceptors (Lipinski definition) is 3. The van der Waals surface area contributed by atoms with E-state index in [1.165, 1.54) is 0 Å². The Morgan fingerprint density at radius 2 is 1.72 bits per heavy atom. The first-order valence-corrected chi connectivity index (χ1v) is 6.21. The molecule has 0 spiro atoms.